The normalized spacial score (nSPS) is 19.6. The minimum atomic E-state index is -3.67. The number of carbonyl (C=O) groups is 2. The van der Waals surface area contributed by atoms with Gasteiger partial charge in [-0.05, 0) is 74.6 Å². The molecule has 2 aliphatic heterocycles. The molecule has 1 aromatic carbocycles. The molecule has 9 heteroatoms. The molecule has 2 amide bonds. The molecule has 1 fully saturated rings. The van der Waals surface area contributed by atoms with Gasteiger partial charge in [0.1, 0.15) is 5.82 Å². The first-order valence-electron chi connectivity index (χ1n) is 10.8. The predicted molar refractivity (Wildman–Crippen MR) is 122 cm³/mol. The second-order valence-corrected chi connectivity index (χ2v) is 10.6. The molecular formula is C23H28N4O4S. The highest BCUT2D eigenvalue weighted by Crippen LogP contribution is 2.35. The summed E-state index contributed by atoms with van der Waals surface area (Å²) < 4.78 is 27.9. The SMILES string of the molecule is CC(=O)N1c2ccc(S(=O)(=O)N3CCC(C(=O)Nc4cc(C)ccn4)CC3)cc2C[C@@H]1C. The van der Waals surface area contributed by atoms with Crippen molar-refractivity contribution in [1.29, 1.82) is 0 Å². The molecule has 0 unspecified atom stereocenters. The van der Waals surface area contributed by atoms with E-state index in [-0.39, 0.29) is 41.8 Å². The zero-order chi connectivity index (χ0) is 23.0. The number of rotatable bonds is 4. The largest absolute Gasteiger partial charge is 0.310 e. The molecule has 2 aliphatic rings. The van der Waals surface area contributed by atoms with E-state index >= 15 is 0 Å². The zero-order valence-electron chi connectivity index (χ0n) is 18.5. The number of carbonyl (C=O) groups excluding carboxylic acids is 2. The monoisotopic (exact) mass is 456 g/mol. The van der Waals surface area contributed by atoms with Crippen molar-refractivity contribution in [3.63, 3.8) is 0 Å². The Hall–Kier alpha value is -2.78. The van der Waals surface area contributed by atoms with Gasteiger partial charge in [0.05, 0.1) is 4.90 Å². The Bertz CT molecular complexity index is 1160. The highest BCUT2D eigenvalue weighted by molar-refractivity contribution is 7.89. The van der Waals surface area contributed by atoms with Crippen LogP contribution in [-0.2, 0) is 26.0 Å². The predicted octanol–water partition coefficient (Wildman–Crippen LogP) is 2.73. The van der Waals surface area contributed by atoms with Crippen LogP contribution in [0.5, 0.6) is 0 Å². The van der Waals surface area contributed by atoms with Crippen molar-refractivity contribution in [3.8, 4) is 0 Å². The highest BCUT2D eigenvalue weighted by Gasteiger charge is 2.34. The molecule has 0 spiro atoms. The van der Waals surface area contributed by atoms with Crippen LogP contribution in [0.2, 0.25) is 0 Å². The standard InChI is InChI=1S/C23H28N4O4S/c1-15-6-9-24-22(12-15)25-23(29)18-7-10-26(11-8-18)32(30,31)20-4-5-21-19(14-20)13-16(2)27(21)17(3)28/h4-6,9,12,14,16,18H,7-8,10-11,13H2,1-3H3,(H,24,25,29)/t16-/m0/s1. The highest BCUT2D eigenvalue weighted by atomic mass is 32.2. The Morgan fingerprint density at radius 2 is 1.84 bits per heavy atom. The first-order chi connectivity index (χ1) is 15.2. The number of nitrogens with one attached hydrogen (secondary N) is 1. The van der Waals surface area contributed by atoms with E-state index in [1.807, 2.05) is 19.9 Å². The summed E-state index contributed by atoms with van der Waals surface area (Å²) in [5, 5.41) is 2.83. The quantitative estimate of drug-likeness (QED) is 0.763. The molecule has 0 radical (unpaired) electrons. The fourth-order valence-corrected chi connectivity index (χ4v) is 6.11. The molecule has 1 N–H and O–H groups in total. The number of amides is 2. The van der Waals surface area contributed by atoms with Crippen LogP contribution in [0.25, 0.3) is 0 Å². The van der Waals surface area contributed by atoms with Crippen LogP contribution in [0, 0.1) is 12.8 Å². The Morgan fingerprint density at radius 1 is 1.12 bits per heavy atom. The lowest BCUT2D eigenvalue weighted by Crippen LogP contribution is -2.41. The van der Waals surface area contributed by atoms with Gasteiger partial charge in [-0.2, -0.15) is 4.31 Å². The second kappa shape index (κ2) is 8.63. The Labute approximate surface area is 188 Å². The minimum Gasteiger partial charge on any atom is -0.310 e. The maximum absolute atomic E-state index is 13.2. The topological polar surface area (TPSA) is 99.7 Å². The third-order valence-corrected chi connectivity index (χ3v) is 8.13. The summed E-state index contributed by atoms with van der Waals surface area (Å²) in [6.07, 6.45) is 3.19. The van der Waals surface area contributed by atoms with Crippen LogP contribution < -0.4 is 10.2 Å². The summed E-state index contributed by atoms with van der Waals surface area (Å²) in [5.74, 6) is 0.0786. The lowest BCUT2D eigenvalue weighted by Gasteiger charge is -2.30. The van der Waals surface area contributed by atoms with Crippen molar-refractivity contribution in [3.05, 3.63) is 47.7 Å². The number of pyridine rings is 1. The van der Waals surface area contributed by atoms with Gasteiger partial charge >= 0.3 is 0 Å². The number of piperidine rings is 1. The molecule has 0 aliphatic carbocycles. The third-order valence-electron chi connectivity index (χ3n) is 6.24. The van der Waals surface area contributed by atoms with Gasteiger partial charge < -0.3 is 10.2 Å². The molecule has 2 aromatic rings. The molecule has 32 heavy (non-hydrogen) atoms. The molecule has 4 rings (SSSR count). The van der Waals surface area contributed by atoms with Crippen molar-refractivity contribution in [2.24, 2.45) is 5.92 Å². The van der Waals surface area contributed by atoms with Crippen LogP contribution in [0.4, 0.5) is 11.5 Å². The number of fused-ring (bicyclic) bond motifs is 1. The molecule has 1 aromatic heterocycles. The number of aromatic nitrogens is 1. The van der Waals surface area contributed by atoms with E-state index in [1.165, 1.54) is 11.2 Å². The average Bonchev–Trinajstić information content (AvgIpc) is 3.09. The fraction of sp³-hybridized carbons (Fsp3) is 0.435. The van der Waals surface area contributed by atoms with E-state index in [4.69, 9.17) is 0 Å². The molecule has 3 heterocycles. The number of benzene rings is 1. The summed E-state index contributed by atoms with van der Waals surface area (Å²) >= 11 is 0. The molecule has 1 atom stereocenters. The van der Waals surface area contributed by atoms with Gasteiger partial charge in [-0.25, -0.2) is 13.4 Å². The lowest BCUT2D eigenvalue weighted by molar-refractivity contribution is -0.121. The van der Waals surface area contributed by atoms with Crippen LogP contribution in [0.3, 0.4) is 0 Å². The van der Waals surface area contributed by atoms with E-state index in [1.54, 1.807) is 35.4 Å². The van der Waals surface area contributed by atoms with Gasteiger partial charge in [0, 0.05) is 43.9 Å². The van der Waals surface area contributed by atoms with Crippen molar-refractivity contribution in [2.45, 2.75) is 51.0 Å². The molecular weight excluding hydrogens is 428 g/mol. The van der Waals surface area contributed by atoms with E-state index in [2.05, 4.69) is 10.3 Å². The smallest absolute Gasteiger partial charge is 0.243 e. The summed E-state index contributed by atoms with van der Waals surface area (Å²) in [4.78, 5) is 30.6. The Balaban J connectivity index is 1.43. The first kappa shape index (κ1) is 22.4. The maximum Gasteiger partial charge on any atom is 0.243 e. The molecule has 0 bridgehead atoms. The number of nitrogens with zero attached hydrogens (tertiary/aromatic N) is 3. The van der Waals surface area contributed by atoms with Gasteiger partial charge in [0.2, 0.25) is 21.8 Å². The van der Waals surface area contributed by atoms with Gasteiger partial charge in [0.25, 0.3) is 0 Å². The fourth-order valence-electron chi connectivity index (χ4n) is 4.59. The second-order valence-electron chi connectivity index (χ2n) is 8.62. The van der Waals surface area contributed by atoms with E-state index in [0.717, 1.165) is 16.8 Å². The van der Waals surface area contributed by atoms with Crippen molar-refractivity contribution >= 4 is 33.3 Å². The summed E-state index contributed by atoms with van der Waals surface area (Å²) in [6, 6.07) is 8.66. The van der Waals surface area contributed by atoms with E-state index in [9.17, 15) is 18.0 Å². The van der Waals surface area contributed by atoms with Gasteiger partial charge in [-0.3, -0.25) is 9.59 Å². The molecule has 0 saturated carbocycles. The summed E-state index contributed by atoms with van der Waals surface area (Å²) in [7, 11) is -3.67. The maximum atomic E-state index is 13.2. The number of anilines is 2. The lowest BCUT2D eigenvalue weighted by atomic mass is 9.97. The van der Waals surface area contributed by atoms with Gasteiger partial charge in [-0.15, -0.1) is 0 Å². The number of hydrogen-bond acceptors (Lipinski definition) is 5. The van der Waals surface area contributed by atoms with Crippen molar-refractivity contribution in [1.82, 2.24) is 9.29 Å². The van der Waals surface area contributed by atoms with Crippen LogP contribution in [-0.4, -0.2) is 48.7 Å². The first-order valence-corrected chi connectivity index (χ1v) is 12.3. The summed E-state index contributed by atoms with van der Waals surface area (Å²) in [5.41, 5.74) is 2.66. The zero-order valence-corrected chi connectivity index (χ0v) is 19.4. The van der Waals surface area contributed by atoms with Crippen molar-refractivity contribution in [2.75, 3.05) is 23.3 Å². The van der Waals surface area contributed by atoms with Gasteiger partial charge in [-0.1, -0.05) is 0 Å². The average molecular weight is 457 g/mol. The molecule has 8 nitrogen and oxygen atoms in total. The van der Waals surface area contributed by atoms with Crippen LogP contribution in [0.15, 0.2) is 41.4 Å². The van der Waals surface area contributed by atoms with Crippen molar-refractivity contribution < 1.29 is 18.0 Å². The summed E-state index contributed by atoms with van der Waals surface area (Å²) in [6.45, 7) is 5.98. The number of sulfonamides is 1. The van der Waals surface area contributed by atoms with E-state index < -0.39 is 10.0 Å². The van der Waals surface area contributed by atoms with Gasteiger partial charge in [0.15, 0.2) is 0 Å². The molecule has 1 saturated heterocycles. The van der Waals surface area contributed by atoms with Crippen LogP contribution >= 0.6 is 0 Å². The Kier molecular flexibility index (Phi) is 6.05. The Morgan fingerprint density at radius 3 is 2.50 bits per heavy atom. The third kappa shape index (κ3) is 4.27. The van der Waals surface area contributed by atoms with E-state index in [0.29, 0.717) is 25.1 Å². The molecule has 170 valence electrons. The minimum absolute atomic E-state index is 0.0117. The number of hydrogen-bond donors (Lipinski definition) is 1. The number of aryl methyl sites for hydroxylation is 1. The van der Waals surface area contributed by atoms with Crippen LogP contribution in [0.1, 0.15) is 37.8 Å².